The molecule has 0 atom stereocenters. The summed E-state index contributed by atoms with van der Waals surface area (Å²) in [7, 11) is 2.04. The number of nitrogens with zero attached hydrogens (tertiary/aromatic N) is 2. The van der Waals surface area contributed by atoms with E-state index in [1.54, 1.807) is 0 Å². The molecule has 0 radical (unpaired) electrons. The van der Waals surface area contributed by atoms with Crippen molar-refractivity contribution in [2.75, 3.05) is 13.1 Å². The Kier molecular flexibility index (Phi) is 3.88. The van der Waals surface area contributed by atoms with Gasteiger partial charge in [0.05, 0.1) is 5.69 Å². The summed E-state index contributed by atoms with van der Waals surface area (Å²) in [6.07, 6.45) is 5.58. The maximum atomic E-state index is 4.78. The van der Waals surface area contributed by atoms with E-state index in [1.165, 1.54) is 40.4 Å². The van der Waals surface area contributed by atoms with E-state index in [2.05, 4.69) is 54.0 Å². The van der Waals surface area contributed by atoms with E-state index < -0.39 is 0 Å². The molecule has 0 aliphatic carbocycles. The Hall–Kier alpha value is -2.13. The van der Waals surface area contributed by atoms with Crippen LogP contribution in [0.15, 0.2) is 48.7 Å². The molecule has 3 heteroatoms. The Morgan fingerprint density at radius 2 is 1.87 bits per heavy atom. The lowest BCUT2D eigenvalue weighted by molar-refractivity contribution is 0.458. The number of benzene rings is 2. The normalized spacial score (nSPS) is 16.0. The summed E-state index contributed by atoms with van der Waals surface area (Å²) in [5, 5.41) is 10.9. The highest BCUT2D eigenvalue weighted by atomic mass is 15.3. The van der Waals surface area contributed by atoms with Gasteiger partial charge in [-0.05, 0) is 53.7 Å². The number of rotatable bonds is 3. The first kappa shape index (κ1) is 14.5. The molecule has 3 aromatic rings. The summed E-state index contributed by atoms with van der Waals surface area (Å²) in [5.74, 6) is 0.648. The van der Waals surface area contributed by atoms with Crippen LogP contribution >= 0.6 is 0 Å². The summed E-state index contributed by atoms with van der Waals surface area (Å²) in [6, 6.07) is 15.2. The molecule has 2 aromatic carbocycles. The molecule has 1 aliphatic rings. The van der Waals surface area contributed by atoms with Gasteiger partial charge in [0.15, 0.2) is 0 Å². The molecule has 1 aliphatic heterocycles. The van der Waals surface area contributed by atoms with E-state index in [4.69, 9.17) is 5.10 Å². The molecule has 1 N–H and O–H groups in total. The van der Waals surface area contributed by atoms with Crippen LogP contribution in [0.5, 0.6) is 0 Å². The zero-order chi connectivity index (χ0) is 15.6. The SMILES string of the molecule is Cn1cc(C2CCNCC2)c(Cc2cccc3ccccc23)n1. The fraction of sp³-hybridized carbons (Fsp3) is 0.350. The van der Waals surface area contributed by atoms with Crippen molar-refractivity contribution in [1.82, 2.24) is 15.1 Å². The molecule has 0 bridgehead atoms. The van der Waals surface area contributed by atoms with Crippen LogP contribution in [0.25, 0.3) is 10.8 Å². The van der Waals surface area contributed by atoms with E-state index in [0.717, 1.165) is 19.5 Å². The van der Waals surface area contributed by atoms with Gasteiger partial charge in [-0.25, -0.2) is 0 Å². The second-order valence-electron chi connectivity index (χ2n) is 6.54. The average molecular weight is 305 g/mol. The van der Waals surface area contributed by atoms with Gasteiger partial charge in [-0.15, -0.1) is 0 Å². The van der Waals surface area contributed by atoms with Crippen LogP contribution in [0.1, 0.15) is 35.6 Å². The Balaban J connectivity index is 1.70. The second-order valence-corrected chi connectivity index (χ2v) is 6.54. The molecule has 4 rings (SSSR count). The van der Waals surface area contributed by atoms with Gasteiger partial charge in [-0.2, -0.15) is 5.10 Å². The topological polar surface area (TPSA) is 29.9 Å². The molecule has 0 amide bonds. The van der Waals surface area contributed by atoms with Crippen molar-refractivity contribution < 1.29 is 0 Å². The molecule has 2 heterocycles. The summed E-state index contributed by atoms with van der Waals surface area (Å²) < 4.78 is 1.98. The minimum atomic E-state index is 0.648. The van der Waals surface area contributed by atoms with Crippen molar-refractivity contribution in [2.24, 2.45) is 7.05 Å². The van der Waals surface area contributed by atoms with Crippen molar-refractivity contribution >= 4 is 10.8 Å². The van der Waals surface area contributed by atoms with Crippen LogP contribution in [-0.4, -0.2) is 22.9 Å². The van der Waals surface area contributed by atoms with Gasteiger partial charge in [0.1, 0.15) is 0 Å². The van der Waals surface area contributed by atoms with Crippen molar-refractivity contribution in [3.05, 3.63) is 65.5 Å². The van der Waals surface area contributed by atoms with E-state index in [1.807, 2.05) is 11.7 Å². The van der Waals surface area contributed by atoms with Gasteiger partial charge in [0.25, 0.3) is 0 Å². The third-order valence-electron chi connectivity index (χ3n) is 4.95. The lowest BCUT2D eigenvalue weighted by atomic mass is 9.88. The van der Waals surface area contributed by atoms with Crippen LogP contribution in [0, 0.1) is 0 Å². The molecular weight excluding hydrogens is 282 g/mol. The number of hydrogen-bond donors (Lipinski definition) is 1. The molecule has 118 valence electrons. The van der Waals surface area contributed by atoms with E-state index in [0.29, 0.717) is 5.92 Å². The Morgan fingerprint density at radius 1 is 1.09 bits per heavy atom. The number of aryl methyl sites for hydroxylation is 1. The third kappa shape index (κ3) is 2.89. The van der Waals surface area contributed by atoms with Gasteiger partial charge in [0.2, 0.25) is 0 Å². The summed E-state index contributed by atoms with van der Waals surface area (Å²) in [5.41, 5.74) is 4.06. The average Bonchev–Trinajstić information content (AvgIpc) is 2.96. The molecule has 1 aromatic heterocycles. The first-order chi connectivity index (χ1) is 11.3. The zero-order valence-electron chi connectivity index (χ0n) is 13.6. The van der Waals surface area contributed by atoms with Gasteiger partial charge in [0, 0.05) is 19.7 Å². The molecule has 1 fully saturated rings. The Labute approximate surface area is 137 Å². The van der Waals surface area contributed by atoms with Crippen LogP contribution in [0.3, 0.4) is 0 Å². The van der Waals surface area contributed by atoms with Crippen molar-refractivity contribution in [3.63, 3.8) is 0 Å². The molecule has 0 saturated carbocycles. The van der Waals surface area contributed by atoms with Crippen LogP contribution in [0.4, 0.5) is 0 Å². The molecular formula is C20H23N3. The standard InChI is InChI=1S/C20H23N3/c1-23-14-19(16-9-11-21-12-10-16)20(22-23)13-17-7-4-6-15-5-2-3-8-18(15)17/h2-8,14,16,21H,9-13H2,1H3. The fourth-order valence-corrected chi connectivity index (χ4v) is 3.79. The Bertz CT molecular complexity index is 807. The highest BCUT2D eigenvalue weighted by Crippen LogP contribution is 2.30. The predicted octanol–water partition coefficient (Wildman–Crippen LogP) is 3.63. The lowest BCUT2D eigenvalue weighted by Gasteiger charge is -2.22. The first-order valence-corrected chi connectivity index (χ1v) is 8.51. The smallest absolute Gasteiger partial charge is 0.0703 e. The van der Waals surface area contributed by atoms with Crippen molar-refractivity contribution in [1.29, 1.82) is 0 Å². The minimum absolute atomic E-state index is 0.648. The lowest BCUT2D eigenvalue weighted by Crippen LogP contribution is -2.26. The second kappa shape index (κ2) is 6.17. The first-order valence-electron chi connectivity index (χ1n) is 8.51. The third-order valence-corrected chi connectivity index (χ3v) is 4.95. The summed E-state index contributed by atoms with van der Waals surface area (Å²) in [6.45, 7) is 2.24. The van der Waals surface area contributed by atoms with Crippen LogP contribution < -0.4 is 5.32 Å². The number of fused-ring (bicyclic) bond motifs is 1. The highest BCUT2D eigenvalue weighted by molar-refractivity contribution is 5.85. The van der Waals surface area contributed by atoms with Crippen LogP contribution in [-0.2, 0) is 13.5 Å². The highest BCUT2D eigenvalue weighted by Gasteiger charge is 2.21. The van der Waals surface area contributed by atoms with E-state index in [9.17, 15) is 0 Å². The van der Waals surface area contributed by atoms with Crippen molar-refractivity contribution in [3.8, 4) is 0 Å². The largest absolute Gasteiger partial charge is 0.317 e. The predicted molar refractivity (Wildman–Crippen MR) is 94.8 cm³/mol. The minimum Gasteiger partial charge on any atom is -0.317 e. The summed E-state index contributed by atoms with van der Waals surface area (Å²) in [4.78, 5) is 0. The Morgan fingerprint density at radius 3 is 2.74 bits per heavy atom. The summed E-state index contributed by atoms with van der Waals surface area (Å²) >= 11 is 0. The van der Waals surface area contributed by atoms with E-state index >= 15 is 0 Å². The molecule has 3 nitrogen and oxygen atoms in total. The molecule has 1 saturated heterocycles. The van der Waals surface area contributed by atoms with Gasteiger partial charge in [-0.3, -0.25) is 4.68 Å². The van der Waals surface area contributed by atoms with Gasteiger partial charge < -0.3 is 5.32 Å². The maximum absolute atomic E-state index is 4.78. The zero-order valence-corrected chi connectivity index (χ0v) is 13.6. The maximum Gasteiger partial charge on any atom is 0.0703 e. The van der Waals surface area contributed by atoms with Crippen LogP contribution in [0.2, 0.25) is 0 Å². The van der Waals surface area contributed by atoms with Gasteiger partial charge >= 0.3 is 0 Å². The quantitative estimate of drug-likeness (QED) is 0.801. The monoisotopic (exact) mass is 305 g/mol. The number of hydrogen-bond acceptors (Lipinski definition) is 2. The number of nitrogens with one attached hydrogen (secondary N) is 1. The van der Waals surface area contributed by atoms with E-state index in [-0.39, 0.29) is 0 Å². The van der Waals surface area contributed by atoms with Gasteiger partial charge in [-0.1, -0.05) is 42.5 Å². The fourth-order valence-electron chi connectivity index (χ4n) is 3.79. The molecule has 23 heavy (non-hydrogen) atoms. The van der Waals surface area contributed by atoms with Crippen molar-refractivity contribution in [2.45, 2.75) is 25.2 Å². The molecule has 0 unspecified atom stereocenters. The molecule has 0 spiro atoms. The number of piperidine rings is 1. The number of aromatic nitrogens is 2.